The lowest BCUT2D eigenvalue weighted by Crippen LogP contribution is -2.21. The summed E-state index contributed by atoms with van der Waals surface area (Å²) < 4.78 is 42.0. The van der Waals surface area contributed by atoms with Gasteiger partial charge in [-0.05, 0) is 42.7 Å². The van der Waals surface area contributed by atoms with E-state index in [2.05, 4.69) is 10.1 Å². The van der Waals surface area contributed by atoms with Gasteiger partial charge in [0.1, 0.15) is 0 Å². The molecule has 144 valence electrons. The Morgan fingerprint density at radius 3 is 2.33 bits per heavy atom. The molecule has 0 atom stereocenters. The lowest BCUT2D eigenvalue weighted by atomic mass is 10.1. The number of carbonyl (C=O) groups excluding carboxylic acids is 1. The number of ether oxygens (including phenoxy) is 1. The molecule has 0 unspecified atom stereocenters. The first-order valence-corrected chi connectivity index (χ1v) is 7.84. The van der Waals surface area contributed by atoms with Gasteiger partial charge in [0.15, 0.2) is 5.75 Å². The van der Waals surface area contributed by atoms with Gasteiger partial charge in [-0.15, -0.1) is 13.2 Å². The van der Waals surface area contributed by atoms with E-state index < -0.39 is 24.0 Å². The zero-order chi connectivity index (χ0) is 20.0. The summed E-state index contributed by atoms with van der Waals surface area (Å²) >= 11 is 0. The summed E-state index contributed by atoms with van der Waals surface area (Å²) in [5.74, 6) is -2.85. The molecule has 0 aliphatic carbocycles. The van der Waals surface area contributed by atoms with E-state index in [-0.39, 0.29) is 23.4 Å². The van der Waals surface area contributed by atoms with Gasteiger partial charge in [-0.2, -0.15) is 0 Å². The van der Waals surface area contributed by atoms with Gasteiger partial charge in [0, 0.05) is 6.61 Å². The van der Waals surface area contributed by atoms with E-state index in [1.165, 1.54) is 36.4 Å². The Kier molecular flexibility index (Phi) is 6.40. The van der Waals surface area contributed by atoms with Crippen molar-refractivity contribution in [1.82, 2.24) is 0 Å². The van der Waals surface area contributed by atoms with Crippen molar-refractivity contribution in [3.8, 4) is 5.75 Å². The highest BCUT2D eigenvalue weighted by atomic mass is 19.4. The fourth-order valence-electron chi connectivity index (χ4n) is 2.38. The van der Waals surface area contributed by atoms with Crippen LogP contribution in [0.2, 0.25) is 0 Å². The van der Waals surface area contributed by atoms with Crippen LogP contribution in [0.4, 0.5) is 18.9 Å². The smallest absolute Gasteiger partial charge is 0.478 e. The average Bonchev–Trinajstić information content (AvgIpc) is 2.60. The molecule has 2 aromatic rings. The summed E-state index contributed by atoms with van der Waals surface area (Å²) in [6.45, 7) is -0.125. The van der Waals surface area contributed by atoms with Gasteiger partial charge >= 0.3 is 12.3 Å². The molecule has 2 rings (SSSR count). The van der Waals surface area contributed by atoms with Gasteiger partial charge in [-0.25, -0.2) is 4.79 Å². The van der Waals surface area contributed by atoms with E-state index in [1.807, 2.05) is 0 Å². The lowest BCUT2D eigenvalue weighted by Gasteiger charge is -2.16. The molecule has 27 heavy (non-hydrogen) atoms. The van der Waals surface area contributed by atoms with E-state index in [0.29, 0.717) is 18.4 Å². The maximum absolute atomic E-state index is 12.7. The van der Waals surface area contributed by atoms with Crippen LogP contribution in [-0.2, 0) is 6.42 Å². The van der Waals surface area contributed by atoms with Crippen LogP contribution in [0.3, 0.4) is 0 Å². The van der Waals surface area contributed by atoms with Crippen molar-refractivity contribution >= 4 is 17.6 Å². The molecule has 2 aromatic carbocycles. The number of aryl methyl sites for hydroxylation is 1. The highest BCUT2D eigenvalue weighted by Gasteiger charge is 2.32. The van der Waals surface area contributed by atoms with E-state index in [9.17, 15) is 22.8 Å². The molecule has 0 spiro atoms. The van der Waals surface area contributed by atoms with Gasteiger partial charge < -0.3 is 20.3 Å². The quantitative estimate of drug-likeness (QED) is 0.681. The molecular formula is C18H16F3NO5. The molecule has 0 saturated heterocycles. The Morgan fingerprint density at radius 1 is 1.07 bits per heavy atom. The van der Waals surface area contributed by atoms with Crippen LogP contribution in [0, 0.1) is 0 Å². The zero-order valence-electron chi connectivity index (χ0n) is 13.9. The van der Waals surface area contributed by atoms with Gasteiger partial charge in [0.05, 0.1) is 16.8 Å². The van der Waals surface area contributed by atoms with E-state index >= 15 is 0 Å². The largest absolute Gasteiger partial charge is 0.573 e. The number of aliphatic hydroxyl groups is 1. The summed E-state index contributed by atoms with van der Waals surface area (Å²) in [5, 5.41) is 20.2. The zero-order valence-corrected chi connectivity index (χ0v) is 13.9. The molecule has 9 heteroatoms. The molecule has 0 aliphatic heterocycles. The Labute approximate surface area is 152 Å². The maximum atomic E-state index is 12.7. The van der Waals surface area contributed by atoms with Crippen LogP contribution >= 0.6 is 0 Å². The number of rotatable bonds is 7. The molecule has 0 aromatic heterocycles. The van der Waals surface area contributed by atoms with Gasteiger partial charge in [-0.3, -0.25) is 4.79 Å². The van der Waals surface area contributed by atoms with Crippen LogP contribution in [0.15, 0.2) is 42.5 Å². The molecule has 3 N–H and O–H groups in total. The van der Waals surface area contributed by atoms with Crippen molar-refractivity contribution in [1.29, 1.82) is 0 Å². The number of aromatic carboxylic acids is 1. The number of alkyl halides is 3. The summed E-state index contributed by atoms with van der Waals surface area (Å²) in [6, 6.07) is 9.15. The number of carboxylic acid groups (broad SMARTS) is 1. The summed E-state index contributed by atoms with van der Waals surface area (Å²) in [4.78, 5) is 23.6. The topological polar surface area (TPSA) is 95.9 Å². The van der Waals surface area contributed by atoms with Crippen LogP contribution in [0.1, 0.15) is 32.7 Å². The fourth-order valence-corrected chi connectivity index (χ4v) is 2.38. The normalized spacial score (nSPS) is 11.1. The molecule has 1 amide bonds. The SMILES string of the molecule is O=C(O)c1ccccc1C(=O)Nc1ccc(CCCO)cc1OC(F)(F)F. The number of halogens is 3. The molecular weight excluding hydrogens is 367 g/mol. The van der Waals surface area contributed by atoms with Crippen molar-refractivity contribution in [2.45, 2.75) is 19.2 Å². The van der Waals surface area contributed by atoms with Crippen LogP contribution < -0.4 is 10.1 Å². The molecule has 0 fully saturated rings. The van der Waals surface area contributed by atoms with Gasteiger partial charge in [0.25, 0.3) is 5.91 Å². The number of nitrogens with one attached hydrogen (secondary N) is 1. The second-order valence-corrected chi connectivity index (χ2v) is 5.51. The maximum Gasteiger partial charge on any atom is 0.573 e. The van der Waals surface area contributed by atoms with Crippen LogP contribution in [0.25, 0.3) is 0 Å². The number of hydrogen-bond donors (Lipinski definition) is 3. The molecule has 0 aliphatic rings. The average molecular weight is 383 g/mol. The second-order valence-electron chi connectivity index (χ2n) is 5.51. The molecule has 0 bridgehead atoms. The molecule has 6 nitrogen and oxygen atoms in total. The Hall–Kier alpha value is -3.07. The highest BCUT2D eigenvalue weighted by Crippen LogP contribution is 2.32. The predicted molar refractivity (Wildman–Crippen MR) is 89.9 cm³/mol. The minimum atomic E-state index is -4.98. The predicted octanol–water partition coefficient (Wildman–Crippen LogP) is 3.46. The van der Waals surface area contributed by atoms with Crippen LogP contribution in [0.5, 0.6) is 5.75 Å². The number of carbonyl (C=O) groups is 2. The molecule has 0 saturated carbocycles. The Bertz CT molecular complexity index is 836. The number of carboxylic acids is 1. The third kappa shape index (κ3) is 5.71. The number of anilines is 1. The fraction of sp³-hybridized carbons (Fsp3) is 0.222. The van der Waals surface area contributed by atoms with Crippen molar-refractivity contribution in [3.63, 3.8) is 0 Å². The summed E-state index contributed by atoms with van der Waals surface area (Å²) in [7, 11) is 0. The van der Waals surface area contributed by atoms with E-state index in [0.717, 1.165) is 6.07 Å². The number of aliphatic hydroxyl groups excluding tert-OH is 1. The second kappa shape index (κ2) is 8.54. The standard InChI is InChI=1S/C18H16F3NO5/c19-18(20,21)27-15-10-11(4-3-9-23)7-8-14(15)22-16(24)12-5-1-2-6-13(12)17(25)26/h1-2,5-8,10,23H,3-4,9H2,(H,22,24)(H,25,26). The molecule has 0 heterocycles. The third-order valence-corrected chi connectivity index (χ3v) is 3.55. The van der Waals surface area contributed by atoms with Gasteiger partial charge in [0.2, 0.25) is 0 Å². The first kappa shape index (κ1) is 20.2. The Balaban J connectivity index is 2.34. The third-order valence-electron chi connectivity index (χ3n) is 3.55. The minimum Gasteiger partial charge on any atom is -0.478 e. The van der Waals surface area contributed by atoms with Crippen molar-refractivity contribution in [2.24, 2.45) is 0 Å². The van der Waals surface area contributed by atoms with E-state index in [4.69, 9.17) is 10.2 Å². The number of hydrogen-bond acceptors (Lipinski definition) is 4. The molecule has 0 radical (unpaired) electrons. The summed E-state index contributed by atoms with van der Waals surface area (Å²) in [6.07, 6.45) is -4.31. The number of amides is 1. The first-order valence-electron chi connectivity index (χ1n) is 7.84. The van der Waals surface area contributed by atoms with Crippen molar-refractivity contribution < 1.29 is 37.7 Å². The lowest BCUT2D eigenvalue weighted by molar-refractivity contribution is -0.274. The highest BCUT2D eigenvalue weighted by molar-refractivity contribution is 6.11. The minimum absolute atomic E-state index is 0.125. The number of benzene rings is 2. The van der Waals surface area contributed by atoms with Gasteiger partial charge in [-0.1, -0.05) is 18.2 Å². The first-order chi connectivity index (χ1) is 12.7. The monoisotopic (exact) mass is 383 g/mol. The van der Waals surface area contributed by atoms with E-state index in [1.54, 1.807) is 0 Å². The van der Waals surface area contributed by atoms with Crippen molar-refractivity contribution in [3.05, 3.63) is 59.2 Å². The van der Waals surface area contributed by atoms with Crippen LogP contribution in [-0.4, -0.2) is 35.1 Å². The summed E-state index contributed by atoms with van der Waals surface area (Å²) in [5.41, 5.74) is -0.266. The Morgan fingerprint density at radius 2 is 1.74 bits per heavy atom. The van der Waals surface area contributed by atoms with Crippen molar-refractivity contribution in [2.75, 3.05) is 11.9 Å².